The molecule has 1 aromatic heterocycles. The minimum atomic E-state index is 0.0263. The molecule has 1 saturated heterocycles. The summed E-state index contributed by atoms with van der Waals surface area (Å²) in [7, 11) is 0. The van der Waals surface area contributed by atoms with E-state index in [0.717, 1.165) is 43.4 Å². The molecule has 1 aliphatic heterocycles. The minimum absolute atomic E-state index is 0.0263. The van der Waals surface area contributed by atoms with Crippen molar-refractivity contribution in [3.05, 3.63) is 48.1 Å². The van der Waals surface area contributed by atoms with Crippen LogP contribution in [0.25, 0.3) is 10.9 Å². The summed E-state index contributed by atoms with van der Waals surface area (Å²) in [5.41, 5.74) is 3.95. The summed E-state index contributed by atoms with van der Waals surface area (Å²) in [5.74, 6) is 0.0969. The highest BCUT2D eigenvalue weighted by Gasteiger charge is 2.25. The maximum atomic E-state index is 12.5. The van der Waals surface area contributed by atoms with Crippen molar-refractivity contribution in [3.8, 4) is 0 Å². The second kappa shape index (κ2) is 6.55. The lowest BCUT2D eigenvalue weighted by Gasteiger charge is -2.31. The number of aromatic nitrogens is 1. The van der Waals surface area contributed by atoms with Crippen molar-refractivity contribution < 1.29 is 4.79 Å². The molecular formula is C17H20ClN3O. The van der Waals surface area contributed by atoms with Gasteiger partial charge in [-0.15, -0.1) is 6.58 Å². The normalized spacial score (nSPS) is 19.2. The summed E-state index contributed by atoms with van der Waals surface area (Å²) in [6.07, 6.45) is 5.74. The number of nitrogens with one attached hydrogen (secondary N) is 1. The van der Waals surface area contributed by atoms with E-state index in [4.69, 9.17) is 11.6 Å². The fraction of sp³-hybridized carbons (Fsp3) is 0.353. The molecule has 0 spiro atoms. The van der Waals surface area contributed by atoms with Gasteiger partial charge >= 0.3 is 0 Å². The molecule has 4 nitrogen and oxygen atoms in total. The van der Waals surface area contributed by atoms with Crippen LogP contribution in [-0.4, -0.2) is 35.1 Å². The van der Waals surface area contributed by atoms with Crippen molar-refractivity contribution in [1.82, 2.24) is 9.58 Å². The largest absolute Gasteiger partial charge is 0.299 e. The summed E-state index contributed by atoms with van der Waals surface area (Å²) < 4.78 is 1.78. The number of benzene rings is 1. The maximum Gasteiger partial charge on any atom is 0.243 e. The second-order valence-electron chi connectivity index (χ2n) is 5.75. The van der Waals surface area contributed by atoms with Crippen molar-refractivity contribution in [3.63, 3.8) is 0 Å². The van der Waals surface area contributed by atoms with Crippen molar-refractivity contribution in [2.75, 3.05) is 25.1 Å². The van der Waals surface area contributed by atoms with Gasteiger partial charge in [0.2, 0.25) is 5.91 Å². The molecule has 2 heterocycles. The molecule has 5 heteroatoms. The standard InChI is InChI=1S/C17H20ClN3O/c1-2-8-20-9-3-4-14(12-20)17(22)19-21-10-7-13-11-15(18)5-6-16(13)21/h2,5-7,10-11,14H,1,3-4,8-9,12H2,(H,19,22). The zero-order valence-electron chi connectivity index (χ0n) is 12.5. The summed E-state index contributed by atoms with van der Waals surface area (Å²) in [5, 5.41) is 1.72. The number of carbonyl (C=O) groups is 1. The Labute approximate surface area is 135 Å². The van der Waals surface area contributed by atoms with Crippen molar-refractivity contribution >= 4 is 28.4 Å². The first-order valence-corrected chi connectivity index (χ1v) is 7.96. The van der Waals surface area contributed by atoms with Gasteiger partial charge in [-0.25, -0.2) is 0 Å². The van der Waals surface area contributed by atoms with Gasteiger partial charge in [0.15, 0.2) is 0 Å². The smallest absolute Gasteiger partial charge is 0.243 e. The number of hydrogen-bond acceptors (Lipinski definition) is 2. The van der Waals surface area contributed by atoms with E-state index in [0.29, 0.717) is 5.02 Å². The first-order valence-electron chi connectivity index (χ1n) is 7.58. The van der Waals surface area contributed by atoms with E-state index >= 15 is 0 Å². The van der Waals surface area contributed by atoms with Gasteiger partial charge in [0.1, 0.15) is 0 Å². The monoisotopic (exact) mass is 317 g/mol. The third-order valence-electron chi connectivity index (χ3n) is 4.15. The number of carbonyl (C=O) groups excluding carboxylic acids is 1. The molecule has 1 aromatic carbocycles. The second-order valence-corrected chi connectivity index (χ2v) is 6.19. The van der Waals surface area contributed by atoms with Crippen LogP contribution in [0.3, 0.4) is 0 Å². The predicted octanol–water partition coefficient (Wildman–Crippen LogP) is 3.26. The number of piperidine rings is 1. The van der Waals surface area contributed by atoms with E-state index in [2.05, 4.69) is 16.9 Å². The number of amides is 1. The SMILES string of the molecule is C=CCN1CCCC(C(=O)Nn2ccc3cc(Cl)ccc32)C1. The van der Waals surface area contributed by atoms with E-state index < -0.39 is 0 Å². The third kappa shape index (κ3) is 3.18. The van der Waals surface area contributed by atoms with E-state index in [1.807, 2.05) is 36.5 Å². The molecule has 1 aliphatic rings. The van der Waals surface area contributed by atoms with Crippen LogP contribution in [0, 0.1) is 5.92 Å². The first kappa shape index (κ1) is 15.1. The van der Waals surface area contributed by atoms with Gasteiger partial charge < -0.3 is 0 Å². The molecule has 0 bridgehead atoms. The van der Waals surface area contributed by atoms with Crippen LogP contribution >= 0.6 is 11.6 Å². The minimum Gasteiger partial charge on any atom is -0.299 e. The van der Waals surface area contributed by atoms with Gasteiger partial charge in [-0.3, -0.25) is 19.8 Å². The van der Waals surface area contributed by atoms with Gasteiger partial charge in [-0.1, -0.05) is 17.7 Å². The van der Waals surface area contributed by atoms with Crippen LogP contribution in [0.15, 0.2) is 43.1 Å². The first-order chi connectivity index (χ1) is 10.7. The summed E-state index contributed by atoms with van der Waals surface area (Å²) in [4.78, 5) is 14.8. The van der Waals surface area contributed by atoms with Crippen LogP contribution < -0.4 is 5.43 Å². The third-order valence-corrected chi connectivity index (χ3v) is 4.38. The Morgan fingerprint density at radius 2 is 2.32 bits per heavy atom. The van der Waals surface area contributed by atoms with E-state index in [1.54, 1.807) is 4.68 Å². The molecule has 0 radical (unpaired) electrons. The molecular weight excluding hydrogens is 298 g/mol. The van der Waals surface area contributed by atoms with Gasteiger partial charge in [-0.2, -0.15) is 0 Å². The van der Waals surface area contributed by atoms with Crippen molar-refractivity contribution in [2.24, 2.45) is 5.92 Å². The Bertz CT molecular complexity index is 694. The Balaban J connectivity index is 1.71. The topological polar surface area (TPSA) is 37.3 Å². The van der Waals surface area contributed by atoms with Crippen LogP contribution in [0.2, 0.25) is 5.02 Å². The maximum absolute atomic E-state index is 12.5. The van der Waals surface area contributed by atoms with Crippen LogP contribution in [0.4, 0.5) is 0 Å². The lowest BCUT2D eigenvalue weighted by molar-refractivity contribution is -0.122. The molecule has 22 heavy (non-hydrogen) atoms. The van der Waals surface area contributed by atoms with Crippen LogP contribution in [0.1, 0.15) is 12.8 Å². The van der Waals surface area contributed by atoms with E-state index in [9.17, 15) is 4.79 Å². The molecule has 0 aliphatic carbocycles. The van der Waals surface area contributed by atoms with Gasteiger partial charge in [0.25, 0.3) is 0 Å². The lowest BCUT2D eigenvalue weighted by atomic mass is 9.97. The number of likely N-dealkylation sites (tertiary alicyclic amines) is 1. The lowest BCUT2D eigenvalue weighted by Crippen LogP contribution is -2.42. The van der Waals surface area contributed by atoms with Crippen LogP contribution in [-0.2, 0) is 4.79 Å². The van der Waals surface area contributed by atoms with E-state index in [-0.39, 0.29) is 11.8 Å². The highest BCUT2D eigenvalue weighted by atomic mass is 35.5. The number of rotatable bonds is 4. The molecule has 1 atom stereocenters. The number of nitrogens with zero attached hydrogens (tertiary/aromatic N) is 2. The average molecular weight is 318 g/mol. The molecule has 1 amide bonds. The quantitative estimate of drug-likeness (QED) is 0.879. The number of fused-ring (bicyclic) bond motifs is 1. The average Bonchev–Trinajstić information content (AvgIpc) is 2.90. The summed E-state index contributed by atoms with van der Waals surface area (Å²) >= 11 is 5.99. The molecule has 2 aromatic rings. The molecule has 116 valence electrons. The van der Waals surface area contributed by atoms with E-state index in [1.165, 1.54) is 0 Å². The fourth-order valence-corrected chi connectivity index (χ4v) is 3.22. The van der Waals surface area contributed by atoms with Gasteiger partial charge in [-0.05, 0) is 43.7 Å². The van der Waals surface area contributed by atoms with Gasteiger partial charge in [0, 0.05) is 29.7 Å². The summed E-state index contributed by atoms with van der Waals surface area (Å²) in [6.45, 7) is 6.45. The van der Waals surface area contributed by atoms with Crippen molar-refractivity contribution in [1.29, 1.82) is 0 Å². The summed E-state index contributed by atoms with van der Waals surface area (Å²) in [6, 6.07) is 7.60. The zero-order valence-corrected chi connectivity index (χ0v) is 13.2. The highest BCUT2D eigenvalue weighted by molar-refractivity contribution is 6.31. The number of halogens is 1. The Kier molecular flexibility index (Phi) is 4.50. The number of hydrogen-bond donors (Lipinski definition) is 1. The zero-order chi connectivity index (χ0) is 15.5. The Hall–Kier alpha value is -1.78. The Morgan fingerprint density at radius 3 is 3.14 bits per heavy atom. The Morgan fingerprint density at radius 1 is 1.45 bits per heavy atom. The molecule has 1 unspecified atom stereocenters. The molecule has 3 rings (SSSR count). The van der Waals surface area contributed by atoms with Gasteiger partial charge in [0.05, 0.1) is 11.4 Å². The highest BCUT2D eigenvalue weighted by Crippen LogP contribution is 2.21. The molecule has 1 N–H and O–H groups in total. The molecule has 1 fully saturated rings. The fourth-order valence-electron chi connectivity index (χ4n) is 3.04. The molecule has 0 saturated carbocycles. The van der Waals surface area contributed by atoms with Crippen molar-refractivity contribution in [2.45, 2.75) is 12.8 Å². The predicted molar refractivity (Wildman–Crippen MR) is 90.7 cm³/mol. The van der Waals surface area contributed by atoms with Crippen LogP contribution in [0.5, 0.6) is 0 Å².